The lowest BCUT2D eigenvalue weighted by Gasteiger charge is -2.33. The molecule has 4 nitrogen and oxygen atoms in total. The lowest BCUT2D eigenvalue weighted by atomic mass is 9.79. The molecule has 10 heteroatoms. The molecule has 0 spiro atoms. The summed E-state index contributed by atoms with van der Waals surface area (Å²) < 4.78 is 43.0. The largest absolute Gasteiger partial charge is 0.400 e. The Kier molecular flexibility index (Phi) is 8.22. The Morgan fingerprint density at radius 2 is 1.85 bits per heavy atom. The van der Waals surface area contributed by atoms with Gasteiger partial charge in [-0.15, -0.1) is 0 Å². The van der Waals surface area contributed by atoms with E-state index >= 15 is 0 Å². The Bertz CT molecular complexity index is 1110. The Labute approximate surface area is 211 Å². The van der Waals surface area contributed by atoms with E-state index in [0.29, 0.717) is 11.4 Å². The molecule has 0 radical (unpaired) electrons. The van der Waals surface area contributed by atoms with Gasteiger partial charge in [0.2, 0.25) is 0 Å². The first-order valence-corrected chi connectivity index (χ1v) is 11.6. The molecule has 182 valence electrons. The SMILES string of the molecule is C/C=C\C(CNC(=O)c1ccc(N2CCC(c3cc(Cl)cc(Cl)c3)(C(F)(F)F)C2)cc1Cl)=NC. The number of aliphatic imine (C=N–C) groups is 1. The lowest BCUT2D eigenvalue weighted by Crippen LogP contribution is -2.44. The highest BCUT2D eigenvalue weighted by Crippen LogP contribution is 2.49. The molecule has 1 heterocycles. The monoisotopic (exact) mass is 531 g/mol. The van der Waals surface area contributed by atoms with Gasteiger partial charge in [-0.05, 0) is 61.4 Å². The van der Waals surface area contributed by atoms with Crippen LogP contribution in [0.4, 0.5) is 18.9 Å². The van der Waals surface area contributed by atoms with Crippen LogP contribution < -0.4 is 10.2 Å². The van der Waals surface area contributed by atoms with Gasteiger partial charge in [0.1, 0.15) is 5.41 Å². The summed E-state index contributed by atoms with van der Waals surface area (Å²) in [5, 5.41) is 3.18. The third-order valence-corrected chi connectivity index (χ3v) is 6.61. The summed E-state index contributed by atoms with van der Waals surface area (Å²) in [5.74, 6) is -0.401. The van der Waals surface area contributed by atoms with E-state index < -0.39 is 17.5 Å². The summed E-state index contributed by atoms with van der Waals surface area (Å²) in [5.41, 5.74) is -0.705. The maximum absolute atomic E-state index is 14.3. The van der Waals surface area contributed by atoms with Crippen molar-refractivity contribution in [2.45, 2.75) is 24.9 Å². The van der Waals surface area contributed by atoms with Crippen molar-refractivity contribution in [3.63, 3.8) is 0 Å². The maximum Gasteiger partial charge on any atom is 0.400 e. The van der Waals surface area contributed by atoms with Crippen LogP contribution in [0.25, 0.3) is 0 Å². The van der Waals surface area contributed by atoms with Gasteiger partial charge in [-0.2, -0.15) is 13.2 Å². The van der Waals surface area contributed by atoms with Gasteiger partial charge in [0.15, 0.2) is 0 Å². The molecule has 2 aromatic carbocycles. The number of allylic oxidation sites excluding steroid dienone is 1. The minimum absolute atomic E-state index is 0.0246. The van der Waals surface area contributed by atoms with Crippen molar-refractivity contribution in [1.29, 1.82) is 0 Å². The highest BCUT2D eigenvalue weighted by molar-refractivity contribution is 6.35. The van der Waals surface area contributed by atoms with E-state index in [9.17, 15) is 18.0 Å². The zero-order valence-corrected chi connectivity index (χ0v) is 20.8. The summed E-state index contributed by atoms with van der Waals surface area (Å²) in [7, 11) is 1.62. The quantitative estimate of drug-likeness (QED) is 0.419. The number of hydrogen-bond acceptors (Lipinski definition) is 3. The molecule has 0 aromatic heterocycles. The average molecular weight is 533 g/mol. The fourth-order valence-corrected chi connectivity index (χ4v) is 4.83. The lowest BCUT2D eigenvalue weighted by molar-refractivity contribution is -0.184. The standard InChI is InChI=1S/C24H23Cl3F3N3O/c1-3-4-18(31-2)13-32-22(34)20-6-5-19(12-21(20)27)33-8-7-23(14-33,24(28,29)30)15-9-16(25)11-17(26)10-15/h3-6,9-12H,7-8,13-14H2,1-2H3,(H,32,34)/b4-3-,31-18?. The molecular weight excluding hydrogens is 510 g/mol. The molecule has 1 fully saturated rings. The van der Waals surface area contributed by atoms with Gasteiger partial charge in [-0.3, -0.25) is 9.79 Å². The third kappa shape index (κ3) is 5.53. The number of anilines is 1. The molecule has 1 amide bonds. The van der Waals surface area contributed by atoms with Gasteiger partial charge in [-0.1, -0.05) is 40.9 Å². The van der Waals surface area contributed by atoms with Crippen LogP contribution in [-0.2, 0) is 5.41 Å². The predicted molar refractivity (Wildman–Crippen MR) is 133 cm³/mol. The van der Waals surface area contributed by atoms with Crippen LogP contribution >= 0.6 is 34.8 Å². The van der Waals surface area contributed by atoms with Crippen LogP contribution in [0.2, 0.25) is 15.1 Å². The number of hydrogen-bond donors (Lipinski definition) is 1. The van der Waals surface area contributed by atoms with Gasteiger partial charge >= 0.3 is 6.18 Å². The van der Waals surface area contributed by atoms with Crippen molar-refractivity contribution in [2.75, 3.05) is 31.6 Å². The van der Waals surface area contributed by atoms with Gasteiger partial charge in [0.05, 0.1) is 22.8 Å². The minimum atomic E-state index is -4.52. The second kappa shape index (κ2) is 10.6. The van der Waals surface area contributed by atoms with Gasteiger partial charge < -0.3 is 10.2 Å². The van der Waals surface area contributed by atoms with Crippen LogP contribution in [0.3, 0.4) is 0 Å². The molecule has 0 bridgehead atoms. The molecule has 0 saturated carbocycles. The molecule has 34 heavy (non-hydrogen) atoms. The number of carbonyl (C=O) groups is 1. The van der Waals surface area contributed by atoms with Crippen molar-refractivity contribution in [2.24, 2.45) is 4.99 Å². The van der Waals surface area contributed by atoms with Crippen LogP contribution in [-0.4, -0.2) is 44.5 Å². The first-order valence-electron chi connectivity index (χ1n) is 10.4. The van der Waals surface area contributed by atoms with E-state index in [1.54, 1.807) is 24.1 Å². The summed E-state index contributed by atoms with van der Waals surface area (Å²) in [6.45, 7) is 1.88. The smallest absolute Gasteiger partial charge is 0.370 e. The van der Waals surface area contributed by atoms with E-state index in [1.807, 2.05) is 13.0 Å². The van der Waals surface area contributed by atoms with Crippen molar-refractivity contribution in [3.8, 4) is 0 Å². The zero-order chi connectivity index (χ0) is 25.1. The molecular formula is C24H23Cl3F3N3O. The van der Waals surface area contributed by atoms with E-state index in [4.69, 9.17) is 34.8 Å². The number of carbonyl (C=O) groups excluding carboxylic acids is 1. The number of nitrogens with one attached hydrogen (secondary N) is 1. The highest BCUT2D eigenvalue weighted by atomic mass is 35.5. The normalized spacial score (nSPS) is 19.2. The predicted octanol–water partition coefficient (Wildman–Crippen LogP) is 6.73. The van der Waals surface area contributed by atoms with Crippen molar-refractivity contribution in [1.82, 2.24) is 5.32 Å². The fraction of sp³-hybridized carbons (Fsp3) is 0.333. The van der Waals surface area contributed by atoms with Gasteiger partial charge in [0, 0.05) is 35.9 Å². The molecule has 1 saturated heterocycles. The van der Waals surface area contributed by atoms with Crippen LogP contribution in [0.1, 0.15) is 29.3 Å². The average Bonchev–Trinajstić information content (AvgIpc) is 3.23. The Morgan fingerprint density at radius 1 is 1.18 bits per heavy atom. The number of amides is 1. The minimum Gasteiger partial charge on any atom is -0.370 e. The topological polar surface area (TPSA) is 44.7 Å². The molecule has 3 rings (SSSR count). The number of rotatable bonds is 6. The van der Waals surface area contributed by atoms with Crippen LogP contribution in [0.15, 0.2) is 53.5 Å². The molecule has 1 aliphatic rings. The molecule has 1 aliphatic heterocycles. The molecule has 1 unspecified atom stereocenters. The summed E-state index contributed by atoms with van der Waals surface area (Å²) in [6.07, 6.45) is -1.11. The van der Waals surface area contributed by atoms with E-state index in [2.05, 4.69) is 10.3 Å². The second-order valence-electron chi connectivity index (χ2n) is 7.97. The Balaban J connectivity index is 1.83. The summed E-state index contributed by atoms with van der Waals surface area (Å²) in [4.78, 5) is 18.2. The van der Waals surface area contributed by atoms with Gasteiger partial charge in [0.25, 0.3) is 5.91 Å². The first kappa shape index (κ1) is 26.4. The van der Waals surface area contributed by atoms with Crippen LogP contribution in [0, 0.1) is 0 Å². The van der Waals surface area contributed by atoms with Gasteiger partial charge in [-0.25, -0.2) is 0 Å². The number of nitrogens with zero attached hydrogens (tertiary/aromatic N) is 2. The van der Waals surface area contributed by atoms with E-state index in [0.717, 1.165) is 0 Å². The van der Waals surface area contributed by atoms with E-state index in [1.165, 1.54) is 30.3 Å². The van der Waals surface area contributed by atoms with Crippen molar-refractivity contribution >= 4 is 52.1 Å². The number of halogens is 6. The van der Waals surface area contributed by atoms with Crippen molar-refractivity contribution < 1.29 is 18.0 Å². The molecule has 0 aliphatic carbocycles. The van der Waals surface area contributed by atoms with E-state index in [-0.39, 0.29) is 52.2 Å². The highest BCUT2D eigenvalue weighted by Gasteiger charge is 2.59. The molecule has 1 N–H and O–H groups in total. The second-order valence-corrected chi connectivity index (χ2v) is 9.25. The number of alkyl halides is 3. The van der Waals surface area contributed by atoms with Crippen molar-refractivity contribution in [3.05, 3.63) is 74.7 Å². The molecule has 2 aromatic rings. The Morgan fingerprint density at radius 3 is 2.41 bits per heavy atom. The maximum atomic E-state index is 14.3. The third-order valence-electron chi connectivity index (χ3n) is 5.87. The van der Waals surface area contributed by atoms with Crippen LogP contribution in [0.5, 0.6) is 0 Å². The molecule has 1 atom stereocenters. The Hall–Kier alpha value is -2.22. The fourth-order valence-electron chi connectivity index (χ4n) is 4.05. The first-order chi connectivity index (χ1) is 16.0. The number of benzene rings is 2. The zero-order valence-electron chi connectivity index (χ0n) is 18.5. The summed E-state index contributed by atoms with van der Waals surface area (Å²) in [6, 6.07) is 8.64. The summed E-state index contributed by atoms with van der Waals surface area (Å²) >= 11 is 18.3.